The first kappa shape index (κ1) is 13.7. The van der Waals surface area contributed by atoms with Gasteiger partial charge in [-0.05, 0) is 39.0 Å². The molecular weight excluding hydrogens is 262 g/mol. The first-order chi connectivity index (χ1) is 10.2. The maximum absolute atomic E-state index is 5.89. The third kappa shape index (κ3) is 2.66. The lowest BCUT2D eigenvalue weighted by atomic mass is 10.2. The largest absolute Gasteiger partial charge is 0.490 e. The van der Waals surface area contributed by atoms with Crippen LogP contribution in [0.1, 0.15) is 26.6 Å². The van der Waals surface area contributed by atoms with E-state index in [-0.39, 0.29) is 6.10 Å². The van der Waals surface area contributed by atoms with Crippen LogP contribution in [0.4, 0.5) is 0 Å². The lowest BCUT2D eigenvalue weighted by molar-refractivity contribution is 0.245. The number of ether oxygens (including phenoxy) is 1. The molecule has 0 aliphatic heterocycles. The molecule has 4 nitrogen and oxygen atoms in total. The minimum atomic E-state index is 0.179. The molecule has 0 aliphatic rings. The highest BCUT2D eigenvalue weighted by Crippen LogP contribution is 2.27. The van der Waals surface area contributed by atoms with E-state index in [2.05, 4.69) is 39.4 Å². The van der Waals surface area contributed by atoms with E-state index in [0.717, 1.165) is 30.0 Å². The predicted molar refractivity (Wildman–Crippen MR) is 84.7 cm³/mol. The summed E-state index contributed by atoms with van der Waals surface area (Å²) in [6, 6.07) is 8.32. The molecule has 0 aliphatic carbocycles. The minimum absolute atomic E-state index is 0.179. The van der Waals surface area contributed by atoms with Crippen molar-refractivity contribution in [3.05, 3.63) is 48.7 Å². The van der Waals surface area contributed by atoms with Crippen molar-refractivity contribution in [3.8, 4) is 5.75 Å². The normalized spacial score (nSPS) is 11.4. The summed E-state index contributed by atoms with van der Waals surface area (Å²) in [6.45, 7) is 7.95. The van der Waals surface area contributed by atoms with Crippen molar-refractivity contribution >= 4 is 10.9 Å². The van der Waals surface area contributed by atoms with Crippen LogP contribution in [0.2, 0.25) is 0 Å². The quantitative estimate of drug-likeness (QED) is 0.715. The number of aryl methyl sites for hydroxylation is 1. The van der Waals surface area contributed by atoms with Crippen LogP contribution in [-0.2, 0) is 13.1 Å². The van der Waals surface area contributed by atoms with Crippen LogP contribution < -0.4 is 4.74 Å². The fourth-order valence-corrected chi connectivity index (χ4v) is 2.62. The van der Waals surface area contributed by atoms with E-state index in [0.29, 0.717) is 0 Å². The van der Waals surface area contributed by atoms with Gasteiger partial charge in [0.05, 0.1) is 18.2 Å². The number of rotatable bonds is 5. The predicted octanol–water partition coefficient (Wildman–Crippen LogP) is 3.69. The Bertz CT molecular complexity index is 739. The van der Waals surface area contributed by atoms with Crippen LogP contribution in [0.25, 0.3) is 10.9 Å². The van der Waals surface area contributed by atoms with Crippen molar-refractivity contribution in [2.24, 2.45) is 0 Å². The van der Waals surface area contributed by atoms with Gasteiger partial charge >= 0.3 is 0 Å². The van der Waals surface area contributed by atoms with E-state index in [1.165, 1.54) is 5.52 Å². The Kier molecular flexibility index (Phi) is 3.69. The van der Waals surface area contributed by atoms with Gasteiger partial charge in [-0.15, -0.1) is 0 Å². The molecule has 3 rings (SSSR count). The molecule has 0 N–H and O–H groups in total. The minimum Gasteiger partial charge on any atom is -0.490 e. The third-order valence-electron chi connectivity index (χ3n) is 3.59. The van der Waals surface area contributed by atoms with Crippen LogP contribution in [0.5, 0.6) is 5.75 Å². The second-order valence-corrected chi connectivity index (χ2v) is 5.43. The second-order valence-electron chi connectivity index (χ2n) is 5.43. The monoisotopic (exact) mass is 283 g/mol. The maximum Gasteiger partial charge on any atom is 0.129 e. The molecule has 0 amide bonds. The molecule has 2 heterocycles. The van der Waals surface area contributed by atoms with Crippen LogP contribution in [-0.4, -0.2) is 20.2 Å². The number of benzene rings is 1. The van der Waals surface area contributed by atoms with Crippen molar-refractivity contribution in [1.29, 1.82) is 0 Å². The molecule has 2 aromatic heterocycles. The molecule has 1 aromatic carbocycles. The molecule has 0 spiro atoms. The number of imidazole rings is 1. The lowest BCUT2D eigenvalue weighted by Crippen LogP contribution is -2.07. The number of nitrogens with zero attached hydrogens (tertiary/aromatic N) is 3. The second kappa shape index (κ2) is 5.64. The zero-order valence-electron chi connectivity index (χ0n) is 12.8. The average Bonchev–Trinajstić information content (AvgIpc) is 3.06. The van der Waals surface area contributed by atoms with E-state index in [4.69, 9.17) is 4.74 Å². The van der Waals surface area contributed by atoms with E-state index in [9.17, 15) is 0 Å². The molecule has 110 valence electrons. The van der Waals surface area contributed by atoms with Crippen molar-refractivity contribution in [2.75, 3.05) is 0 Å². The van der Waals surface area contributed by atoms with Crippen LogP contribution >= 0.6 is 0 Å². The molecule has 0 unspecified atom stereocenters. The molecule has 0 atom stereocenters. The summed E-state index contributed by atoms with van der Waals surface area (Å²) in [7, 11) is 0. The molecule has 0 saturated carbocycles. The summed E-state index contributed by atoms with van der Waals surface area (Å²) in [5, 5.41) is 1.15. The van der Waals surface area contributed by atoms with Crippen LogP contribution in [0.3, 0.4) is 0 Å². The molecule has 4 heteroatoms. The molecular formula is C17H21N3O. The highest BCUT2D eigenvalue weighted by molar-refractivity contribution is 5.86. The molecule has 0 fully saturated rings. The van der Waals surface area contributed by atoms with Gasteiger partial charge in [0.15, 0.2) is 0 Å². The maximum atomic E-state index is 5.89. The summed E-state index contributed by atoms with van der Waals surface area (Å²) >= 11 is 0. The van der Waals surface area contributed by atoms with Gasteiger partial charge in [-0.3, -0.25) is 0 Å². The summed E-state index contributed by atoms with van der Waals surface area (Å²) in [5.74, 6) is 2.02. The molecule has 0 saturated heterocycles. The fourth-order valence-electron chi connectivity index (χ4n) is 2.62. The first-order valence-electron chi connectivity index (χ1n) is 7.43. The lowest BCUT2D eigenvalue weighted by Gasteiger charge is -2.12. The van der Waals surface area contributed by atoms with Crippen molar-refractivity contribution in [1.82, 2.24) is 14.1 Å². The number of aromatic nitrogens is 3. The molecule has 0 bridgehead atoms. The first-order valence-corrected chi connectivity index (χ1v) is 7.43. The smallest absolute Gasteiger partial charge is 0.129 e. The zero-order chi connectivity index (χ0) is 14.8. The van der Waals surface area contributed by atoms with Gasteiger partial charge in [0.25, 0.3) is 0 Å². The zero-order valence-corrected chi connectivity index (χ0v) is 12.8. The van der Waals surface area contributed by atoms with Crippen molar-refractivity contribution in [3.63, 3.8) is 0 Å². The Morgan fingerprint density at radius 3 is 2.76 bits per heavy atom. The Labute approximate surface area is 125 Å². The van der Waals surface area contributed by atoms with E-state index >= 15 is 0 Å². The fraction of sp³-hybridized carbons (Fsp3) is 0.353. The van der Waals surface area contributed by atoms with Crippen molar-refractivity contribution < 1.29 is 4.74 Å². The van der Waals surface area contributed by atoms with Crippen LogP contribution in [0, 0.1) is 0 Å². The third-order valence-corrected chi connectivity index (χ3v) is 3.59. The summed E-state index contributed by atoms with van der Waals surface area (Å²) in [6.07, 6.45) is 6.16. The molecule has 21 heavy (non-hydrogen) atoms. The average molecular weight is 283 g/mol. The topological polar surface area (TPSA) is 32.0 Å². The molecule has 3 aromatic rings. The van der Waals surface area contributed by atoms with Crippen molar-refractivity contribution in [2.45, 2.75) is 40.0 Å². The molecule has 0 radical (unpaired) electrons. The summed E-state index contributed by atoms with van der Waals surface area (Å²) < 4.78 is 10.3. The Morgan fingerprint density at radius 2 is 2.00 bits per heavy atom. The van der Waals surface area contributed by atoms with Gasteiger partial charge in [-0.2, -0.15) is 0 Å². The highest BCUT2D eigenvalue weighted by atomic mass is 16.5. The number of hydrogen-bond acceptors (Lipinski definition) is 2. The van der Waals surface area contributed by atoms with Crippen LogP contribution in [0.15, 0.2) is 42.9 Å². The van der Waals surface area contributed by atoms with Gasteiger partial charge in [0, 0.05) is 30.5 Å². The highest BCUT2D eigenvalue weighted by Gasteiger charge is 2.09. The van der Waals surface area contributed by atoms with E-state index < -0.39 is 0 Å². The van der Waals surface area contributed by atoms with E-state index in [1.54, 1.807) is 0 Å². The van der Waals surface area contributed by atoms with Gasteiger partial charge in [-0.1, -0.05) is 6.07 Å². The number of hydrogen-bond donors (Lipinski definition) is 0. The van der Waals surface area contributed by atoms with Gasteiger partial charge < -0.3 is 13.9 Å². The van der Waals surface area contributed by atoms with Gasteiger partial charge in [0.1, 0.15) is 11.6 Å². The van der Waals surface area contributed by atoms with Gasteiger partial charge in [-0.25, -0.2) is 4.98 Å². The summed E-state index contributed by atoms with van der Waals surface area (Å²) in [5.41, 5.74) is 1.18. The Hall–Kier alpha value is -2.23. The Morgan fingerprint density at radius 1 is 1.14 bits per heavy atom. The SMILES string of the molecule is CCn1ccnc1Cn1ccc2c(OC(C)C)cccc21. The number of fused-ring (bicyclic) bond motifs is 1. The summed E-state index contributed by atoms with van der Waals surface area (Å²) in [4.78, 5) is 4.45. The Balaban J connectivity index is 1.97. The van der Waals surface area contributed by atoms with Gasteiger partial charge in [0.2, 0.25) is 0 Å². The van der Waals surface area contributed by atoms with E-state index in [1.807, 2.05) is 38.4 Å². The standard InChI is InChI=1S/C17H21N3O/c1-4-19-11-9-18-17(19)12-20-10-8-14-15(20)6-5-7-16(14)21-13(2)3/h5-11,13H,4,12H2,1-3H3.